The minimum absolute atomic E-state index is 0.209. The Morgan fingerprint density at radius 2 is 2.00 bits per heavy atom. The highest BCUT2D eigenvalue weighted by atomic mass is 19.4. The van der Waals surface area contributed by atoms with Crippen molar-refractivity contribution in [3.05, 3.63) is 39.8 Å². The maximum absolute atomic E-state index is 12.2. The summed E-state index contributed by atoms with van der Waals surface area (Å²) in [5.41, 5.74) is 7.88. The molecule has 0 heterocycles. The zero-order chi connectivity index (χ0) is 10.8. The van der Waals surface area contributed by atoms with Gasteiger partial charge in [-0.25, -0.2) is 0 Å². The second-order valence-electron chi connectivity index (χ2n) is 2.69. The molecular weight excluding hydrogens is 195 g/mol. The van der Waals surface area contributed by atoms with E-state index >= 15 is 0 Å². The predicted molar refractivity (Wildman–Crippen MR) is 45.0 cm³/mol. The first-order valence-corrected chi connectivity index (χ1v) is 3.68. The van der Waals surface area contributed by atoms with Crippen molar-refractivity contribution in [3.63, 3.8) is 0 Å². The van der Waals surface area contributed by atoms with Crippen LogP contribution in [0.4, 0.5) is 18.9 Å². The molecule has 1 aromatic carbocycles. The van der Waals surface area contributed by atoms with E-state index in [1.807, 2.05) is 0 Å². The Morgan fingerprint density at radius 3 is 2.43 bits per heavy atom. The predicted octanol–water partition coefficient (Wildman–Crippen LogP) is 3.96. The van der Waals surface area contributed by atoms with Crippen molar-refractivity contribution in [2.24, 2.45) is 5.11 Å². The molecule has 0 unspecified atom stereocenters. The van der Waals surface area contributed by atoms with Crippen molar-refractivity contribution in [1.82, 2.24) is 0 Å². The van der Waals surface area contributed by atoms with E-state index in [1.54, 1.807) is 0 Å². The maximum Gasteiger partial charge on any atom is 0.416 e. The van der Waals surface area contributed by atoms with Gasteiger partial charge in [-0.3, -0.25) is 0 Å². The third kappa shape index (κ3) is 2.17. The lowest BCUT2D eigenvalue weighted by molar-refractivity contribution is -0.137. The molecule has 74 valence electrons. The fraction of sp³-hybridized carbons (Fsp3) is 0.250. The molecule has 0 spiro atoms. The molecular formula is C8H6F3N3. The number of hydrogen-bond acceptors (Lipinski definition) is 1. The standard InChI is InChI=1S/C8H6F3N3/c1-5-4-6(8(9,10)11)2-3-7(5)13-14-12/h2-4H,1H3. The zero-order valence-corrected chi connectivity index (χ0v) is 7.21. The van der Waals surface area contributed by atoms with Crippen LogP contribution in [0.15, 0.2) is 23.3 Å². The summed E-state index contributed by atoms with van der Waals surface area (Å²) in [6.07, 6.45) is -4.36. The number of alkyl halides is 3. The molecule has 0 aliphatic rings. The zero-order valence-electron chi connectivity index (χ0n) is 7.21. The van der Waals surface area contributed by atoms with Gasteiger partial charge in [0.25, 0.3) is 0 Å². The highest BCUT2D eigenvalue weighted by Crippen LogP contribution is 2.32. The molecule has 3 nitrogen and oxygen atoms in total. The summed E-state index contributed by atoms with van der Waals surface area (Å²) in [4.78, 5) is 2.50. The monoisotopic (exact) mass is 201 g/mol. The molecule has 0 fully saturated rings. The van der Waals surface area contributed by atoms with E-state index < -0.39 is 11.7 Å². The van der Waals surface area contributed by atoms with E-state index in [1.165, 1.54) is 6.92 Å². The van der Waals surface area contributed by atoms with Crippen molar-refractivity contribution in [3.8, 4) is 0 Å². The molecule has 0 N–H and O–H groups in total. The van der Waals surface area contributed by atoms with Gasteiger partial charge in [-0.05, 0) is 30.2 Å². The van der Waals surface area contributed by atoms with Gasteiger partial charge < -0.3 is 0 Å². The van der Waals surface area contributed by atoms with E-state index in [9.17, 15) is 13.2 Å². The smallest absolute Gasteiger partial charge is 0.166 e. The average Bonchev–Trinajstić information content (AvgIpc) is 2.07. The van der Waals surface area contributed by atoms with Crippen LogP contribution >= 0.6 is 0 Å². The number of halogens is 3. The summed E-state index contributed by atoms with van der Waals surface area (Å²) in [5, 5.41) is 3.24. The van der Waals surface area contributed by atoms with Gasteiger partial charge in [0.05, 0.1) is 5.56 Å². The molecule has 14 heavy (non-hydrogen) atoms. The summed E-state index contributed by atoms with van der Waals surface area (Å²) in [7, 11) is 0. The van der Waals surface area contributed by atoms with Crippen LogP contribution < -0.4 is 0 Å². The molecule has 0 aliphatic heterocycles. The first-order valence-electron chi connectivity index (χ1n) is 3.68. The first-order chi connectivity index (χ1) is 6.45. The molecule has 0 bridgehead atoms. The van der Waals surface area contributed by atoms with Crippen molar-refractivity contribution in [2.75, 3.05) is 0 Å². The van der Waals surface area contributed by atoms with Gasteiger partial charge in [0, 0.05) is 10.6 Å². The van der Waals surface area contributed by atoms with E-state index in [4.69, 9.17) is 5.53 Å². The van der Waals surface area contributed by atoms with Crippen LogP contribution in [-0.4, -0.2) is 0 Å². The molecule has 0 radical (unpaired) electrons. The molecule has 1 aromatic rings. The third-order valence-electron chi connectivity index (χ3n) is 1.68. The summed E-state index contributed by atoms with van der Waals surface area (Å²) in [6, 6.07) is 2.99. The third-order valence-corrected chi connectivity index (χ3v) is 1.68. The van der Waals surface area contributed by atoms with E-state index in [-0.39, 0.29) is 5.69 Å². The molecule has 1 rings (SSSR count). The van der Waals surface area contributed by atoms with Gasteiger partial charge in [-0.1, -0.05) is 11.2 Å². The van der Waals surface area contributed by atoms with Gasteiger partial charge in [0.15, 0.2) is 0 Å². The maximum atomic E-state index is 12.2. The second kappa shape index (κ2) is 3.59. The van der Waals surface area contributed by atoms with Crippen LogP contribution in [0.2, 0.25) is 0 Å². The highest BCUT2D eigenvalue weighted by molar-refractivity contribution is 5.47. The number of hydrogen-bond donors (Lipinski definition) is 0. The van der Waals surface area contributed by atoms with E-state index in [0.717, 1.165) is 18.2 Å². The lowest BCUT2D eigenvalue weighted by Crippen LogP contribution is -2.04. The Morgan fingerprint density at radius 1 is 1.36 bits per heavy atom. The number of rotatable bonds is 1. The summed E-state index contributed by atoms with van der Waals surface area (Å²) in [6.45, 7) is 1.46. The van der Waals surface area contributed by atoms with Crippen LogP contribution in [0.5, 0.6) is 0 Å². The van der Waals surface area contributed by atoms with Crippen LogP contribution in [0, 0.1) is 6.92 Å². The van der Waals surface area contributed by atoms with E-state index in [0.29, 0.717) is 5.56 Å². The van der Waals surface area contributed by atoms with Gasteiger partial charge >= 0.3 is 6.18 Å². The average molecular weight is 201 g/mol. The van der Waals surface area contributed by atoms with Crippen LogP contribution in [0.25, 0.3) is 10.4 Å². The Hall–Kier alpha value is -1.68. The molecule has 0 atom stereocenters. The van der Waals surface area contributed by atoms with Crippen LogP contribution in [0.3, 0.4) is 0 Å². The lowest BCUT2D eigenvalue weighted by Gasteiger charge is -2.08. The van der Waals surface area contributed by atoms with Crippen molar-refractivity contribution < 1.29 is 13.2 Å². The Bertz CT molecular complexity index is 391. The Labute approximate surface area is 77.8 Å². The van der Waals surface area contributed by atoms with Gasteiger partial charge in [-0.2, -0.15) is 13.2 Å². The molecule has 0 saturated carbocycles. The summed E-state index contributed by atoms with van der Waals surface area (Å²) in [5.74, 6) is 0. The van der Waals surface area contributed by atoms with E-state index in [2.05, 4.69) is 10.0 Å². The van der Waals surface area contributed by atoms with Gasteiger partial charge in [0.2, 0.25) is 0 Å². The van der Waals surface area contributed by atoms with Gasteiger partial charge in [-0.15, -0.1) is 0 Å². The number of azide groups is 1. The minimum Gasteiger partial charge on any atom is -0.166 e. The summed E-state index contributed by atoms with van der Waals surface area (Å²) >= 11 is 0. The van der Waals surface area contributed by atoms with Crippen molar-refractivity contribution in [2.45, 2.75) is 13.1 Å². The Kier molecular flexibility index (Phi) is 2.67. The van der Waals surface area contributed by atoms with Gasteiger partial charge in [0.1, 0.15) is 0 Å². The molecule has 0 saturated heterocycles. The first kappa shape index (κ1) is 10.4. The topological polar surface area (TPSA) is 48.8 Å². The second-order valence-corrected chi connectivity index (χ2v) is 2.69. The highest BCUT2D eigenvalue weighted by Gasteiger charge is 2.30. The quantitative estimate of drug-likeness (QED) is 0.375. The fourth-order valence-electron chi connectivity index (χ4n) is 0.992. The van der Waals surface area contributed by atoms with Crippen LogP contribution in [-0.2, 0) is 6.18 Å². The number of nitrogens with zero attached hydrogens (tertiary/aromatic N) is 3. The normalized spacial score (nSPS) is 10.9. The number of aryl methyl sites for hydroxylation is 1. The van der Waals surface area contributed by atoms with Crippen LogP contribution in [0.1, 0.15) is 11.1 Å². The molecule has 0 aliphatic carbocycles. The van der Waals surface area contributed by atoms with Crippen molar-refractivity contribution in [1.29, 1.82) is 0 Å². The summed E-state index contributed by atoms with van der Waals surface area (Å²) < 4.78 is 36.5. The molecule has 0 amide bonds. The largest absolute Gasteiger partial charge is 0.416 e. The molecule has 0 aromatic heterocycles. The molecule has 6 heteroatoms. The number of benzene rings is 1. The van der Waals surface area contributed by atoms with Crippen molar-refractivity contribution >= 4 is 5.69 Å². The SMILES string of the molecule is Cc1cc(C(F)(F)F)ccc1N=[N+]=[N-]. The lowest BCUT2D eigenvalue weighted by atomic mass is 10.1. The Balaban J connectivity index is 3.19. The fourth-order valence-corrected chi connectivity index (χ4v) is 0.992. The minimum atomic E-state index is -4.36.